The van der Waals surface area contributed by atoms with Crippen LogP contribution in [-0.2, 0) is 26.5 Å². The molecule has 1 atom stereocenters. The highest BCUT2D eigenvalue weighted by Gasteiger charge is 2.27. The number of aryl methyl sites for hydroxylation is 2. The molecule has 0 spiro atoms. The topological polar surface area (TPSA) is 88.8 Å². The van der Waals surface area contributed by atoms with Gasteiger partial charge in [-0.1, -0.05) is 24.3 Å². The summed E-state index contributed by atoms with van der Waals surface area (Å²) in [6, 6.07) is 5.91. The van der Waals surface area contributed by atoms with Gasteiger partial charge in [0.25, 0.3) is 5.91 Å². The number of nitrogens with zero attached hydrogens (tertiary/aromatic N) is 3. The number of sulfone groups is 1. The zero-order valence-electron chi connectivity index (χ0n) is 16.3. The molecule has 0 aliphatic carbocycles. The lowest BCUT2D eigenvalue weighted by molar-refractivity contribution is -0.130. The molecule has 9 heteroatoms. The number of aromatic nitrogens is 1. The number of thiazole rings is 1. The van der Waals surface area contributed by atoms with Crippen LogP contribution in [0, 0.1) is 12.8 Å². The molecule has 1 unspecified atom stereocenters. The van der Waals surface area contributed by atoms with Gasteiger partial charge in [0, 0.05) is 20.1 Å². The Kier molecular flexibility index (Phi) is 6.04. The van der Waals surface area contributed by atoms with E-state index in [0.717, 1.165) is 28.6 Å². The number of hydrogen-bond acceptors (Lipinski definition) is 5. The average Bonchev–Trinajstić information content (AvgIpc) is 2.88. The lowest BCUT2D eigenvalue weighted by Crippen LogP contribution is -2.42. The van der Waals surface area contributed by atoms with Crippen LogP contribution < -0.4 is 4.80 Å². The van der Waals surface area contributed by atoms with E-state index in [1.54, 1.807) is 16.5 Å². The molecular weight excluding hydrogens is 398 g/mol. The predicted molar refractivity (Wildman–Crippen MR) is 110 cm³/mol. The number of benzene rings is 1. The van der Waals surface area contributed by atoms with E-state index in [-0.39, 0.29) is 0 Å². The zero-order valence-corrected chi connectivity index (χ0v) is 18.0. The Morgan fingerprint density at radius 2 is 2.04 bits per heavy atom. The molecule has 1 saturated heterocycles. The first-order valence-electron chi connectivity index (χ1n) is 9.26. The van der Waals surface area contributed by atoms with Crippen molar-refractivity contribution < 1.29 is 18.0 Å². The van der Waals surface area contributed by atoms with Gasteiger partial charge in [0.15, 0.2) is 14.6 Å². The van der Waals surface area contributed by atoms with E-state index in [9.17, 15) is 18.0 Å². The van der Waals surface area contributed by atoms with E-state index in [4.69, 9.17) is 0 Å². The summed E-state index contributed by atoms with van der Waals surface area (Å²) in [7, 11) is -2.07. The van der Waals surface area contributed by atoms with Crippen molar-refractivity contribution in [3.63, 3.8) is 0 Å². The van der Waals surface area contributed by atoms with Crippen LogP contribution in [0.1, 0.15) is 25.3 Å². The standard InChI is InChI=1S/C19H25N3O4S2/c1-13-6-7-15-16(9-13)27-19(21(15)3)20-17(23)11-28(25,26)12-18(24)22-8-4-5-14(2)10-22/h6-7,9,14H,4-5,8,10-12H2,1-3H3. The summed E-state index contributed by atoms with van der Waals surface area (Å²) in [5.74, 6) is -2.21. The summed E-state index contributed by atoms with van der Waals surface area (Å²) in [5, 5.41) is 0. The number of carbonyl (C=O) groups is 2. The molecule has 0 bridgehead atoms. The minimum atomic E-state index is -3.86. The van der Waals surface area contributed by atoms with Crippen LogP contribution in [0.2, 0.25) is 0 Å². The third-order valence-corrected chi connectivity index (χ3v) is 7.35. The third kappa shape index (κ3) is 4.88. The van der Waals surface area contributed by atoms with E-state index in [2.05, 4.69) is 4.99 Å². The molecule has 0 radical (unpaired) electrons. The predicted octanol–water partition coefficient (Wildman–Crippen LogP) is 1.65. The number of amides is 2. The quantitative estimate of drug-likeness (QED) is 0.748. The first-order chi connectivity index (χ1) is 13.1. The lowest BCUT2D eigenvalue weighted by atomic mass is 10.0. The Morgan fingerprint density at radius 3 is 2.75 bits per heavy atom. The molecule has 2 heterocycles. The fraction of sp³-hybridized carbons (Fsp3) is 0.526. The summed E-state index contributed by atoms with van der Waals surface area (Å²) in [6.07, 6.45) is 1.92. The van der Waals surface area contributed by atoms with Crippen LogP contribution in [0.3, 0.4) is 0 Å². The fourth-order valence-corrected chi connectivity index (χ4v) is 5.66. The Morgan fingerprint density at radius 1 is 1.29 bits per heavy atom. The summed E-state index contributed by atoms with van der Waals surface area (Å²) in [6.45, 7) is 5.18. The van der Waals surface area contributed by atoms with Gasteiger partial charge in [-0.3, -0.25) is 9.59 Å². The molecule has 1 aromatic carbocycles. The summed E-state index contributed by atoms with van der Waals surface area (Å²) in [5.41, 5.74) is 2.03. The van der Waals surface area contributed by atoms with Gasteiger partial charge >= 0.3 is 0 Å². The monoisotopic (exact) mass is 423 g/mol. The van der Waals surface area contributed by atoms with Crippen molar-refractivity contribution in [3.05, 3.63) is 28.6 Å². The number of piperidine rings is 1. The van der Waals surface area contributed by atoms with E-state index < -0.39 is 33.2 Å². The maximum absolute atomic E-state index is 12.3. The van der Waals surface area contributed by atoms with Gasteiger partial charge in [0.05, 0.1) is 10.2 Å². The molecule has 152 valence electrons. The van der Waals surface area contributed by atoms with Gasteiger partial charge in [0.2, 0.25) is 5.91 Å². The van der Waals surface area contributed by atoms with E-state index >= 15 is 0 Å². The van der Waals surface area contributed by atoms with E-state index in [0.29, 0.717) is 23.8 Å². The molecule has 1 fully saturated rings. The number of hydrogen-bond donors (Lipinski definition) is 0. The van der Waals surface area contributed by atoms with Gasteiger partial charge in [-0.15, -0.1) is 0 Å². The highest BCUT2D eigenvalue weighted by molar-refractivity contribution is 7.92. The van der Waals surface area contributed by atoms with Crippen LogP contribution in [0.4, 0.5) is 0 Å². The summed E-state index contributed by atoms with van der Waals surface area (Å²) in [4.78, 5) is 30.6. The van der Waals surface area contributed by atoms with Crippen molar-refractivity contribution in [3.8, 4) is 0 Å². The first-order valence-corrected chi connectivity index (χ1v) is 11.9. The molecule has 2 aromatic rings. The van der Waals surface area contributed by atoms with Crippen LogP contribution >= 0.6 is 11.3 Å². The van der Waals surface area contributed by atoms with Gasteiger partial charge in [-0.2, -0.15) is 4.99 Å². The minimum Gasteiger partial charge on any atom is -0.342 e. The van der Waals surface area contributed by atoms with Crippen molar-refractivity contribution in [1.29, 1.82) is 0 Å². The number of rotatable bonds is 4. The van der Waals surface area contributed by atoms with E-state index in [1.807, 2.05) is 32.0 Å². The molecule has 0 saturated carbocycles. The second kappa shape index (κ2) is 8.16. The second-order valence-electron chi connectivity index (χ2n) is 7.54. The smallest absolute Gasteiger partial charge is 0.263 e. The number of fused-ring (bicyclic) bond motifs is 1. The van der Waals surface area contributed by atoms with Crippen LogP contribution in [0.25, 0.3) is 10.2 Å². The second-order valence-corrected chi connectivity index (χ2v) is 10.6. The van der Waals surface area contributed by atoms with Crippen molar-refractivity contribution >= 4 is 43.2 Å². The minimum absolute atomic E-state index is 0.369. The van der Waals surface area contributed by atoms with Crippen molar-refractivity contribution in [2.75, 3.05) is 24.6 Å². The number of likely N-dealkylation sites (tertiary alicyclic amines) is 1. The molecule has 2 amide bonds. The lowest BCUT2D eigenvalue weighted by Gasteiger charge is -2.30. The molecule has 3 rings (SSSR count). The SMILES string of the molecule is Cc1ccc2c(c1)sc(=NC(=O)CS(=O)(=O)CC(=O)N1CCCC(C)C1)n2C. The Balaban J connectivity index is 1.72. The van der Waals surface area contributed by atoms with Crippen LogP contribution in [0.15, 0.2) is 23.2 Å². The van der Waals surface area contributed by atoms with Gasteiger partial charge in [-0.25, -0.2) is 8.42 Å². The van der Waals surface area contributed by atoms with Crippen LogP contribution in [-0.4, -0.2) is 54.3 Å². The molecule has 0 N–H and O–H groups in total. The van der Waals surface area contributed by atoms with Gasteiger partial charge in [-0.05, 0) is 43.4 Å². The van der Waals surface area contributed by atoms with Crippen LogP contribution in [0.5, 0.6) is 0 Å². The highest BCUT2D eigenvalue weighted by Crippen LogP contribution is 2.18. The first kappa shape index (κ1) is 20.7. The zero-order chi connectivity index (χ0) is 20.5. The summed E-state index contributed by atoms with van der Waals surface area (Å²) < 4.78 is 27.4. The largest absolute Gasteiger partial charge is 0.342 e. The highest BCUT2D eigenvalue weighted by atomic mass is 32.2. The molecule has 1 aliphatic heterocycles. The third-order valence-electron chi connectivity index (χ3n) is 4.88. The Bertz CT molecular complexity index is 1080. The number of carbonyl (C=O) groups excluding carboxylic acids is 2. The average molecular weight is 424 g/mol. The molecule has 28 heavy (non-hydrogen) atoms. The Labute approximate surface area is 168 Å². The van der Waals surface area contributed by atoms with Crippen molar-refractivity contribution in [1.82, 2.24) is 9.47 Å². The van der Waals surface area contributed by atoms with Crippen molar-refractivity contribution in [2.45, 2.75) is 26.7 Å². The molecule has 1 aliphatic rings. The maximum atomic E-state index is 12.3. The van der Waals surface area contributed by atoms with Gasteiger partial charge in [0.1, 0.15) is 11.5 Å². The molecule has 1 aromatic heterocycles. The summed E-state index contributed by atoms with van der Waals surface area (Å²) >= 11 is 1.33. The molecular formula is C19H25N3O4S2. The maximum Gasteiger partial charge on any atom is 0.263 e. The Hall–Kier alpha value is -2.00. The normalized spacial score (nSPS) is 18.6. The fourth-order valence-electron chi connectivity index (χ4n) is 3.42. The van der Waals surface area contributed by atoms with Crippen molar-refractivity contribution in [2.24, 2.45) is 18.0 Å². The van der Waals surface area contributed by atoms with Gasteiger partial charge < -0.3 is 9.47 Å². The van der Waals surface area contributed by atoms with E-state index in [1.165, 1.54) is 11.3 Å². The molecule has 7 nitrogen and oxygen atoms in total.